The fraction of sp³-hybridized carbons (Fsp3) is 0.933. The number of hydrogen-bond donors (Lipinski definition) is 0. The summed E-state index contributed by atoms with van der Waals surface area (Å²) >= 11 is 2.09. The standard InChI is InChI=1S/C15H28O2S/c16-15-11-7-4-2-1-3-5-9-13-18-14-10-6-8-12-17-15/h1-14H2. The molecular weight excluding hydrogens is 244 g/mol. The number of hydrogen-bond acceptors (Lipinski definition) is 3. The molecule has 0 amide bonds. The van der Waals surface area contributed by atoms with Gasteiger partial charge in [0.25, 0.3) is 0 Å². The Kier molecular flexibility index (Phi) is 10.5. The highest BCUT2D eigenvalue weighted by Gasteiger charge is 2.02. The fourth-order valence-electron chi connectivity index (χ4n) is 2.20. The third-order valence-corrected chi connectivity index (χ3v) is 4.52. The van der Waals surface area contributed by atoms with Gasteiger partial charge in [-0.3, -0.25) is 4.79 Å². The SMILES string of the molecule is O=C1CCCCCCCCCSCCCCCO1. The van der Waals surface area contributed by atoms with Crippen molar-refractivity contribution in [3.8, 4) is 0 Å². The predicted octanol–water partition coefficient (Wildman–Crippen LogP) is 4.57. The molecule has 1 fully saturated rings. The first-order valence-corrected chi connectivity index (χ1v) is 8.78. The zero-order valence-corrected chi connectivity index (χ0v) is 12.4. The first-order valence-electron chi connectivity index (χ1n) is 7.63. The summed E-state index contributed by atoms with van der Waals surface area (Å²) in [5.41, 5.74) is 0. The van der Waals surface area contributed by atoms with Crippen molar-refractivity contribution >= 4 is 17.7 Å². The zero-order chi connectivity index (χ0) is 12.9. The van der Waals surface area contributed by atoms with Crippen molar-refractivity contribution in [2.45, 2.75) is 70.6 Å². The molecule has 18 heavy (non-hydrogen) atoms. The maximum absolute atomic E-state index is 11.4. The van der Waals surface area contributed by atoms with Gasteiger partial charge in [0.2, 0.25) is 0 Å². The van der Waals surface area contributed by atoms with Crippen LogP contribution >= 0.6 is 11.8 Å². The Morgan fingerprint density at radius 2 is 1.28 bits per heavy atom. The molecule has 0 saturated carbocycles. The minimum absolute atomic E-state index is 0.00805. The van der Waals surface area contributed by atoms with Crippen LogP contribution in [0.25, 0.3) is 0 Å². The lowest BCUT2D eigenvalue weighted by Crippen LogP contribution is -2.05. The summed E-state index contributed by atoms with van der Waals surface area (Å²) in [6.45, 7) is 0.628. The maximum atomic E-state index is 11.4. The molecule has 0 spiro atoms. The average molecular weight is 272 g/mol. The van der Waals surface area contributed by atoms with Gasteiger partial charge in [-0.1, -0.05) is 32.1 Å². The molecule has 0 aromatic rings. The molecule has 0 radical (unpaired) electrons. The minimum Gasteiger partial charge on any atom is -0.466 e. The topological polar surface area (TPSA) is 26.3 Å². The van der Waals surface area contributed by atoms with E-state index in [1.165, 1.54) is 62.9 Å². The van der Waals surface area contributed by atoms with Crippen LogP contribution in [0.1, 0.15) is 70.6 Å². The second-order valence-corrected chi connectivity index (χ2v) is 6.34. The summed E-state index contributed by atoms with van der Waals surface area (Å²) in [6, 6.07) is 0. The molecule has 0 aliphatic carbocycles. The Hall–Kier alpha value is -0.180. The number of carbonyl (C=O) groups excluding carboxylic acids is 1. The quantitative estimate of drug-likeness (QED) is 0.604. The van der Waals surface area contributed by atoms with Crippen molar-refractivity contribution in [1.29, 1.82) is 0 Å². The van der Waals surface area contributed by atoms with Gasteiger partial charge in [-0.15, -0.1) is 0 Å². The molecule has 2 nitrogen and oxygen atoms in total. The van der Waals surface area contributed by atoms with E-state index >= 15 is 0 Å². The average Bonchev–Trinajstić information content (AvgIpc) is 2.37. The molecule has 1 aliphatic rings. The Morgan fingerprint density at radius 1 is 0.722 bits per heavy atom. The van der Waals surface area contributed by atoms with Crippen molar-refractivity contribution in [2.75, 3.05) is 18.1 Å². The van der Waals surface area contributed by atoms with Crippen molar-refractivity contribution in [1.82, 2.24) is 0 Å². The molecule has 0 aromatic carbocycles. The number of cyclic esters (lactones) is 1. The zero-order valence-electron chi connectivity index (χ0n) is 11.6. The van der Waals surface area contributed by atoms with E-state index in [9.17, 15) is 4.79 Å². The number of rotatable bonds is 0. The van der Waals surface area contributed by atoms with E-state index in [4.69, 9.17) is 4.74 Å². The first kappa shape index (κ1) is 15.9. The molecule has 3 heteroatoms. The maximum Gasteiger partial charge on any atom is 0.305 e. The van der Waals surface area contributed by atoms with E-state index in [1.807, 2.05) is 0 Å². The molecule has 106 valence electrons. The number of thioether (sulfide) groups is 1. The predicted molar refractivity (Wildman–Crippen MR) is 79.1 cm³/mol. The van der Waals surface area contributed by atoms with Crippen LogP contribution in [0.5, 0.6) is 0 Å². The Balaban J connectivity index is 2.11. The van der Waals surface area contributed by atoms with Crippen LogP contribution in [-0.2, 0) is 9.53 Å². The van der Waals surface area contributed by atoms with Gasteiger partial charge in [-0.05, 0) is 43.6 Å². The Morgan fingerprint density at radius 3 is 2.00 bits per heavy atom. The van der Waals surface area contributed by atoms with E-state index in [0.717, 1.165) is 12.8 Å². The van der Waals surface area contributed by atoms with Crippen LogP contribution in [-0.4, -0.2) is 24.1 Å². The van der Waals surface area contributed by atoms with Gasteiger partial charge in [0, 0.05) is 6.42 Å². The Labute approximate surface area is 116 Å². The van der Waals surface area contributed by atoms with E-state index in [1.54, 1.807) is 0 Å². The molecule has 1 saturated heterocycles. The highest BCUT2D eigenvalue weighted by atomic mass is 32.2. The summed E-state index contributed by atoms with van der Waals surface area (Å²) in [6.07, 6.45) is 13.1. The fourth-order valence-corrected chi connectivity index (χ4v) is 3.22. The number of ether oxygens (including phenoxy) is 1. The van der Waals surface area contributed by atoms with E-state index in [-0.39, 0.29) is 5.97 Å². The monoisotopic (exact) mass is 272 g/mol. The second kappa shape index (κ2) is 11.9. The lowest BCUT2D eigenvalue weighted by molar-refractivity contribution is -0.143. The van der Waals surface area contributed by atoms with Crippen LogP contribution in [0.15, 0.2) is 0 Å². The third kappa shape index (κ3) is 9.81. The van der Waals surface area contributed by atoms with Crippen molar-refractivity contribution in [2.24, 2.45) is 0 Å². The van der Waals surface area contributed by atoms with Crippen molar-refractivity contribution < 1.29 is 9.53 Å². The smallest absolute Gasteiger partial charge is 0.305 e. The summed E-state index contributed by atoms with van der Waals surface area (Å²) < 4.78 is 5.22. The van der Waals surface area contributed by atoms with Gasteiger partial charge in [-0.25, -0.2) is 0 Å². The van der Waals surface area contributed by atoms with Gasteiger partial charge >= 0.3 is 5.97 Å². The van der Waals surface area contributed by atoms with Gasteiger partial charge < -0.3 is 4.74 Å². The van der Waals surface area contributed by atoms with Crippen molar-refractivity contribution in [3.05, 3.63) is 0 Å². The highest BCUT2D eigenvalue weighted by molar-refractivity contribution is 7.99. The molecule has 1 aliphatic heterocycles. The third-order valence-electron chi connectivity index (χ3n) is 3.37. The molecule has 0 N–H and O–H groups in total. The minimum atomic E-state index is 0.00805. The van der Waals surface area contributed by atoms with Crippen LogP contribution < -0.4 is 0 Å². The van der Waals surface area contributed by atoms with Crippen molar-refractivity contribution in [3.63, 3.8) is 0 Å². The van der Waals surface area contributed by atoms with Crippen LogP contribution in [0.3, 0.4) is 0 Å². The molecule has 1 rings (SSSR count). The van der Waals surface area contributed by atoms with E-state index in [0.29, 0.717) is 13.0 Å². The number of carbonyl (C=O) groups is 1. The molecule has 0 unspecified atom stereocenters. The van der Waals surface area contributed by atoms with Gasteiger partial charge in [0.1, 0.15) is 0 Å². The summed E-state index contributed by atoms with van der Waals surface area (Å²) in [5.74, 6) is 2.61. The van der Waals surface area contributed by atoms with Gasteiger partial charge in [0.05, 0.1) is 6.61 Å². The van der Waals surface area contributed by atoms with Crippen LogP contribution in [0.4, 0.5) is 0 Å². The molecule has 0 aromatic heterocycles. The van der Waals surface area contributed by atoms with Crippen LogP contribution in [0, 0.1) is 0 Å². The van der Waals surface area contributed by atoms with Crippen LogP contribution in [0.2, 0.25) is 0 Å². The highest BCUT2D eigenvalue weighted by Crippen LogP contribution is 2.13. The lowest BCUT2D eigenvalue weighted by Gasteiger charge is -2.04. The summed E-state index contributed by atoms with van der Waals surface area (Å²) in [5, 5.41) is 0. The summed E-state index contributed by atoms with van der Waals surface area (Å²) in [4.78, 5) is 11.4. The van der Waals surface area contributed by atoms with E-state index in [2.05, 4.69) is 11.8 Å². The molecular formula is C15H28O2S. The second-order valence-electron chi connectivity index (χ2n) is 5.12. The lowest BCUT2D eigenvalue weighted by atomic mass is 10.1. The largest absolute Gasteiger partial charge is 0.466 e. The van der Waals surface area contributed by atoms with Gasteiger partial charge in [-0.2, -0.15) is 11.8 Å². The first-order chi connectivity index (χ1) is 8.89. The molecule has 0 bridgehead atoms. The summed E-state index contributed by atoms with van der Waals surface area (Å²) in [7, 11) is 0. The van der Waals surface area contributed by atoms with E-state index < -0.39 is 0 Å². The Bertz CT molecular complexity index is 187. The normalized spacial score (nSPS) is 23.0. The molecule has 1 heterocycles. The van der Waals surface area contributed by atoms with Gasteiger partial charge in [0.15, 0.2) is 0 Å². The number of esters is 1. The molecule has 0 atom stereocenters.